The van der Waals surface area contributed by atoms with E-state index in [1.165, 1.54) is 4.90 Å². The van der Waals surface area contributed by atoms with Crippen molar-refractivity contribution in [1.82, 2.24) is 10.2 Å². The Morgan fingerprint density at radius 3 is 2.40 bits per heavy atom. The van der Waals surface area contributed by atoms with Crippen molar-refractivity contribution in [2.24, 2.45) is 5.92 Å². The van der Waals surface area contributed by atoms with Gasteiger partial charge in [0.1, 0.15) is 0 Å². The Hall–Kier alpha value is -1.54. The fourth-order valence-electron chi connectivity index (χ4n) is 2.88. The summed E-state index contributed by atoms with van der Waals surface area (Å²) in [6.07, 6.45) is 0.296. The van der Waals surface area contributed by atoms with E-state index < -0.39 is 29.8 Å². The van der Waals surface area contributed by atoms with Gasteiger partial charge in [-0.3, -0.25) is 9.59 Å². The quantitative estimate of drug-likeness (QED) is 0.746. The van der Waals surface area contributed by atoms with Crippen LogP contribution in [0.1, 0.15) is 29.6 Å². The van der Waals surface area contributed by atoms with E-state index in [1.54, 1.807) is 24.3 Å². The standard InChI is InChI=1S/C17H19BrF2N2O3/c18-12-3-1-10(2-4-12)16(25)22(8-11-7-17(11,19)20)9-15(24)21-13-5-14(23)6-13/h1-4,11,13-14,23H,5-9H2,(H,21,24). The smallest absolute Gasteiger partial charge is 0.254 e. The second-order valence-corrected chi connectivity index (χ2v) is 7.66. The number of nitrogens with one attached hydrogen (secondary N) is 1. The molecule has 1 atom stereocenters. The highest BCUT2D eigenvalue weighted by Gasteiger charge is 2.57. The molecule has 0 aliphatic heterocycles. The molecule has 1 unspecified atom stereocenters. The molecular formula is C17H19BrF2N2O3. The lowest BCUT2D eigenvalue weighted by Gasteiger charge is -2.32. The fraction of sp³-hybridized carbons (Fsp3) is 0.529. The SMILES string of the molecule is O=C(CN(CC1CC1(F)F)C(=O)c1ccc(Br)cc1)NC1CC(O)C1. The molecule has 3 rings (SSSR count). The third kappa shape index (κ3) is 4.55. The number of halogens is 3. The molecule has 2 fully saturated rings. The van der Waals surface area contributed by atoms with Crippen LogP contribution >= 0.6 is 15.9 Å². The minimum atomic E-state index is -2.76. The molecule has 1 aromatic rings. The topological polar surface area (TPSA) is 69.6 Å². The Balaban J connectivity index is 1.65. The molecule has 2 saturated carbocycles. The van der Waals surface area contributed by atoms with E-state index in [4.69, 9.17) is 0 Å². The fourth-order valence-corrected chi connectivity index (χ4v) is 3.14. The van der Waals surface area contributed by atoms with E-state index in [1.807, 2.05) is 0 Å². The highest BCUT2D eigenvalue weighted by molar-refractivity contribution is 9.10. The number of rotatable bonds is 6. The van der Waals surface area contributed by atoms with Gasteiger partial charge < -0.3 is 15.3 Å². The summed E-state index contributed by atoms with van der Waals surface area (Å²) in [4.78, 5) is 25.9. The van der Waals surface area contributed by atoms with Crippen LogP contribution in [0.2, 0.25) is 0 Å². The number of nitrogens with zero attached hydrogens (tertiary/aromatic N) is 1. The minimum Gasteiger partial charge on any atom is -0.393 e. The number of aliphatic hydroxyl groups is 1. The monoisotopic (exact) mass is 416 g/mol. The van der Waals surface area contributed by atoms with Crippen molar-refractivity contribution in [1.29, 1.82) is 0 Å². The van der Waals surface area contributed by atoms with Gasteiger partial charge in [-0.1, -0.05) is 15.9 Å². The summed E-state index contributed by atoms with van der Waals surface area (Å²) < 4.78 is 27.3. The van der Waals surface area contributed by atoms with Crippen LogP contribution in [-0.2, 0) is 4.79 Å². The summed E-state index contributed by atoms with van der Waals surface area (Å²) in [6.45, 7) is -0.420. The van der Waals surface area contributed by atoms with Crippen LogP contribution in [0, 0.1) is 5.92 Å². The van der Waals surface area contributed by atoms with Crippen molar-refractivity contribution >= 4 is 27.7 Å². The highest BCUT2D eigenvalue weighted by atomic mass is 79.9. The zero-order valence-electron chi connectivity index (χ0n) is 13.4. The Morgan fingerprint density at radius 1 is 1.28 bits per heavy atom. The van der Waals surface area contributed by atoms with E-state index >= 15 is 0 Å². The van der Waals surface area contributed by atoms with Crippen molar-refractivity contribution in [2.75, 3.05) is 13.1 Å². The number of carbonyl (C=O) groups excluding carboxylic acids is 2. The molecular weight excluding hydrogens is 398 g/mol. The Bertz CT molecular complexity index is 662. The number of benzene rings is 1. The first-order valence-electron chi connectivity index (χ1n) is 8.14. The maximum absolute atomic E-state index is 13.3. The molecule has 0 aromatic heterocycles. The van der Waals surface area contributed by atoms with E-state index in [0.29, 0.717) is 18.4 Å². The van der Waals surface area contributed by atoms with Crippen molar-refractivity contribution in [2.45, 2.75) is 37.3 Å². The van der Waals surface area contributed by atoms with Gasteiger partial charge in [-0.15, -0.1) is 0 Å². The summed E-state index contributed by atoms with van der Waals surface area (Å²) in [5.74, 6) is -4.50. The minimum absolute atomic E-state index is 0.116. The van der Waals surface area contributed by atoms with E-state index in [0.717, 1.165) is 4.47 Å². The van der Waals surface area contributed by atoms with Gasteiger partial charge in [0, 0.05) is 35.0 Å². The second-order valence-electron chi connectivity index (χ2n) is 6.74. The van der Waals surface area contributed by atoms with Crippen LogP contribution in [0.15, 0.2) is 28.7 Å². The zero-order chi connectivity index (χ0) is 18.2. The number of alkyl halides is 2. The van der Waals surface area contributed by atoms with Crippen LogP contribution in [0.3, 0.4) is 0 Å². The Morgan fingerprint density at radius 2 is 1.88 bits per heavy atom. The Labute approximate surface area is 152 Å². The third-order valence-corrected chi connectivity index (χ3v) is 5.12. The van der Waals surface area contributed by atoms with Gasteiger partial charge in [-0.05, 0) is 37.1 Å². The molecule has 1 aromatic carbocycles. The van der Waals surface area contributed by atoms with Crippen molar-refractivity contribution in [3.8, 4) is 0 Å². The predicted molar refractivity (Wildman–Crippen MR) is 90.3 cm³/mol. The molecule has 0 radical (unpaired) electrons. The van der Waals surface area contributed by atoms with Gasteiger partial charge in [-0.2, -0.15) is 0 Å². The van der Waals surface area contributed by atoms with Crippen molar-refractivity contribution < 1.29 is 23.5 Å². The number of carbonyl (C=O) groups is 2. The summed E-state index contributed by atoms with van der Waals surface area (Å²) in [5.41, 5.74) is 0.346. The lowest BCUT2D eigenvalue weighted by atomic mass is 9.89. The number of hydrogen-bond acceptors (Lipinski definition) is 3. The first-order chi connectivity index (χ1) is 11.7. The summed E-state index contributed by atoms with van der Waals surface area (Å²) in [7, 11) is 0. The molecule has 8 heteroatoms. The molecule has 25 heavy (non-hydrogen) atoms. The molecule has 2 N–H and O–H groups in total. The van der Waals surface area contributed by atoms with Crippen LogP contribution < -0.4 is 5.32 Å². The van der Waals surface area contributed by atoms with Crippen molar-refractivity contribution in [3.05, 3.63) is 34.3 Å². The first kappa shape index (κ1) is 18.3. The van der Waals surface area contributed by atoms with E-state index in [2.05, 4.69) is 21.2 Å². The molecule has 0 heterocycles. The van der Waals surface area contributed by atoms with Crippen molar-refractivity contribution in [3.63, 3.8) is 0 Å². The molecule has 2 amide bonds. The largest absolute Gasteiger partial charge is 0.393 e. The van der Waals surface area contributed by atoms with Crippen LogP contribution in [-0.4, -0.2) is 53.0 Å². The maximum atomic E-state index is 13.3. The molecule has 136 valence electrons. The lowest BCUT2D eigenvalue weighted by Crippen LogP contribution is -2.50. The molecule has 0 spiro atoms. The molecule has 0 bridgehead atoms. The number of hydrogen-bond donors (Lipinski definition) is 2. The van der Waals surface area contributed by atoms with Crippen LogP contribution in [0.4, 0.5) is 8.78 Å². The normalized spacial score (nSPS) is 26.5. The average molecular weight is 417 g/mol. The summed E-state index contributed by atoms with van der Waals surface area (Å²) >= 11 is 3.27. The van der Waals surface area contributed by atoms with Gasteiger partial charge in [-0.25, -0.2) is 8.78 Å². The summed E-state index contributed by atoms with van der Waals surface area (Å²) in [6, 6.07) is 6.43. The van der Waals surface area contributed by atoms with Gasteiger partial charge in [0.05, 0.1) is 12.6 Å². The number of aliphatic hydroxyl groups excluding tert-OH is 1. The Kier molecular flexibility index (Phi) is 5.11. The van der Waals surface area contributed by atoms with Gasteiger partial charge in [0.15, 0.2) is 0 Å². The van der Waals surface area contributed by atoms with Gasteiger partial charge in [0.25, 0.3) is 11.8 Å². The molecule has 5 nitrogen and oxygen atoms in total. The third-order valence-electron chi connectivity index (χ3n) is 4.59. The van der Waals surface area contributed by atoms with E-state index in [-0.39, 0.29) is 25.6 Å². The molecule has 2 aliphatic rings. The highest BCUT2D eigenvalue weighted by Crippen LogP contribution is 2.48. The average Bonchev–Trinajstić information content (AvgIpc) is 3.11. The van der Waals surface area contributed by atoms with Crippen LogP contribution in [0.25, 0.3) is 0 Å². The zero-order valence-corrected chi connectivity index (χ0v) is 15.0. The molecule has 2 aliphatic carbocycles. The van der Waals surface area contributed by atoms with Crippen LogP contribution in [0.5, 0.6) is 0 Å². The first-order valence-corrected chi connectivity index (χ1v) is 8.94. The van der Waals surface area contributed by atoms with Gasteiger partial charge in [0.2, 0.25) is 5.91 Å². The lowest BCUT2D eigenvalue weighted by molar-refractivity contribution is -0.124. The second kappa shape index (κ2) is 6.99. The number of amides is 2. The maximum Gasteiger partial charge on any atom is 0.254 e. The van der Waals surface area contributed by atoms with E-state index in [9.17, 15) is 23.5 Å². The van der Waals surface area contributed by atoms with Gasteiger partial charge >= 0.3 is 0 Å². The predicted octanol–water partition coefficient (Wildman–Crippen LogP) is 2.19. The summed E-state index contributed by atoms with van der Waals surface area (Å²) in [5, 5.41) is 12.0. The molecule has 0 saturated heterocycles.